The van der Waals surface area contributed by atoms with Crippen molar-refractivity contribution >= 4 is 17.5 Å². The number of aryl methyl sites for hydroxylation is 1. The van der Waals surface area contributed by atoms with Crippen molar-refractivity contribution in [2.45, 2.75) is 52.1 Å². The van der Waals surface area contributed by atoms with Crippen LogP contribution in [0.25, 0.3) is 0 Å². The Bertz CT molecular complexity index is 711. The summed E-state index contributed by atoms with van der Waals surface area (Å²) >= 11 is 6.54. The van der Waals surface area contributed by atoms with Crippen LogP contribution in [0.2, 0.25) is 5.15 Å². The number of hydrogen-bond acceptors (Lipinski definition) is 2. The number of halogens is 1. The molecule has 128 valence electrons. The smallest absolute Gasteiger partial charge is 0.259 e. The van der Waals surface area contributed by atoms with Crippen LogP contribution in [0.3, 0.4) is 0 Å². The van der Waals surface area contributed by atoms with E-state index in [1.807, 2.05) is 42.2 Å². The largest absolute Gasteiger partial charge is 0.336 e. The van der Waals surface area contributed by atoms with Crippen molar-refractivity contribution in [3.8, 4) is 0 Å². The highest BCUT2D eigenvalue weighted by atomic mass is 35.5. The van der Waals surface area contributed by atoms with Crippen molar-refractivity contribution < 1.29 is 4.79 Å². The van der Waals surface area contributed by atoms with Crippen molar-refractivity contribution in [1.82, 2.24) is 14.7 Å². The van der Waals surface area contributed by atoms with Crippen LogP contribution >= 0.6 is 11.6 Å². The summed E-state index contributed by atoms with van der Waals surface area (Å²) < 4.78 is 1.73. The molecule has 1 amide bonds. The topological polar surface area (TPSA) is 38.1 Å². The zero-order valence-corrected chi connectivity index (χ0v) is 15.1. The zero-order valence-electron chi connectivity index (χ0n) is 14.3. The molecule has 1 saturated heterocycles. The van der Waals surface area contributed by atoms with Gasteiger partial charge < -0.3 is 4.90 Å². The Morgan fingerprint density at radius 1 is 1.29 bits per heavy atom. The van der Waals surface area contributed by atoms with Gasteiger partial charge >= 0.3 is 0 Å². The third kappa shape index (κ3) is 3.34. The van der Waals surface area contributed by atoms with E-state index in [-0.39, 0.29) is 5.91 Å². The van der Waals surface area contributed by atoms with Gasteiger partial charge in [0.1, 0.15) is 5.15 Å². The predicted molar refractivity (Wildman–Crippen MR) is 96.5 cm³/mol. The Hall–Kier alpha value is -1.81. The normalized spacial score (nSPS) is 18.0. The van der Waals surface area contributed by atoms with Gasteiger partial charge in [0.05, 0.1) is 17.8 Å². The predicted octanol–water partition coefficient (Wildman–Crippen LogP) is 4.30. The van der Waals surface area contributed by atoms with Crippen LogP contribution in [0.1, 0.15) is 54.2 Å². The summed E-state index contributed by atoms with van der Waals surface area (Å²) in [6.45, 7) is 5.40. The van der Waals surface area contributed by atoms with E-state index in [0.29, 0.717) is 29.0 Å². The van der Waals surface area contributed by atoms with E-state index in [2.05, 4.69) is 12.0 Å². The Balaban J connectivity index is 1.87. The van der Waals surface area contributed by atoms with E-state index in [1.54, 1.807) is 4.68 Å². The zero-order chi connectivity index (χ0) is 17.1. The van der Waals surface area contributed by atoms with Crippen LogP contribution in [0.5, 0.6) is 0 Å². The molecule has 0 saturated carbocycles. The minimum atomic E-state index is 0.0309. The van der Waals surface area contributed by atoms with E-state index in [1.165, 1.54) is 6.42 Å². The lowest BCUT2D eigenvalue weighted by Crippen LogP contribution is -2.43. The van der Waals surface area contributed by atoms with E-state index in [0.717, 1.165) is 31.4 Å². The SMILES string of the molecule is CCC1CCCCN1C(=O)c1c(C)nn(Cc2ccccc2)c1Cl. The molecule has 4 nitrogen and oxygen atoms in total. The third-order valence-corrected chi connectivity index (χ3v) is 5.20. The number of carbonyl (C=O) groups is 1. The number of likely N-dealkylation sites (tertiary alicyclic amines) is 1. The molecule has 1 aromatic carbocycles. The quantitative estimate of drug-likeness (QED) is 0.828. The number of carbonyl (C=O) groups excluding carboxylic acids is 1. The highest BCUT2D eigenvalue weighted by Crippen LogP contribution is 2.27. The molecule has 1 atom stereocenters. The summed E-state index contributed by atoms with van der Waals surface area (Å²) in [4.78, 5) is 15.1. The van der Waals surface area contributed by atoms with E-state index >= 15 is 0 Å². The van der Waals surface area contributed by atoms with Crippen LogP contribution in [0.15, 0.2) is 30.3 Å². The molecule has 0 radical (unpaired) electrons. The number of benzene rings is 1. The lowest BCUT2D eigenvalue weighted by Gasteiger charge is -2.35. The average molecular weight is 346 g/mol. The maximum absolute atomic E-state index is 13.1. The number of amides is 1. The molecule has 0 aliphatic carbocycles. The first-order chi connectivity index (χ1) is 11.6. The molecule has 5 heteroatoms. The number of rotatable bonds is 4. The molecular formula is C19H24ClN3O. The fourth-order valence-electron chi connectivity index (χ4n) is 3.49. The van der Waals surface area contributed by atoms with Gasteiger partial charge in [0, 0.05) is 12.6 Å². The number of nitrogens with zero attached hydrogens (tertiary/aromatic N) is 3. The van der Waals surface area contributed by atoms with Crippen LogP contribution in [0.4, 0.5) is 0 Å². The van der Waals surface area contributed by atoms with Gasteiger partial charge in [-0.25, -0.2) is 4.68 Å². The molecule has 1 aromatic heterocycles. The van der Waals surface area contributed by atoms with Crippen molar-refractivity contribution in [3.05, 3.63) is 52.3 Å². The van der Waals surface area contributed by atoms with Crippen molar-refractivity contribution in [2.24, 2.45) is 0 Å². The first-order valence-corrected chi connectivity index (χ1v) is 9.07. The fraction of sp³-hybridized carbons (Fsp3) is 0.474. The second-order valence-electron chi connectivity index (χ2n) is 6.45. The molecule has 1 aliphatic heterocycles. The van der Waals surface area contributed by atoms with Gasteiger partial charge in [0.2, 0.25) is 0 Å². The van der Waals surface area contributed by atoms with Crippen molar-refractivity contribution in [1.29, 1.82) is 0 Å². The molecular weight excluding hydrogens is 322 g/mol. The van der Waals surface area contributed by atoms with E-state index < -0.39 is 0 Å². The molecule has 24 heavy (non-hydrogen) atoms. The van der Waals surface area contributed by atoms with Gasteiger partial charge in [-0.15, -0.1) is 0 Å². The summed E-state index contributed by atoms with van der Waals surface area (Å²) in [5, 5.41) is 4.96. The molecule has 1 fully saturated rings. The summed E-state index contributed by atoms with van der Waals surface area (Å²) in [5.41, 5.74) is 2.39. The second kappa shape index (κ2) is 7.39. The fourth-order valence-corrected chi connectivity index (χ4v) is 3.81. The monoisotopic (exact) mass is 345 g/mol. The molecule has 0 spiro atoms. The van der Waals surface area contributed by atoms with Crippen molar-refractivity contribution in [3.63, 3.8) is 0 Å². The Kier molecular flexibility index (Phi) is 5.24. The van der Waals surface area contributed by atoms with Crippen LogP contribution in [-0.2, 0) is 6.54 Å². The van der Waals surface area contributed by atoms with Gasteiger partial charge in [-0.1, -0.05) is 48.9 Å². The molecule has 0 N–H and O–H groups in total. The number of hydrogen-bond donors (Lipinski definition) is 0. The maximum Gasteiger partial charge on any atom is 0.259 e. The Morgan fingerprint density at radius 2 is 2.04 bits per heavy atom. The summed E-state index contributed by atoms with van der Waals surface area (Å²) in [6, 6.07) is 10.4. The molecule has 1 aliphatic rings. The minimum absolute atomic E-state index is 0.0309. The highest BCUT2D eigenvalue weighted by molar-refractivity contribution is 6.33. The minimum Gasteiger partial charge on any atom is -0.336 e. The third-order valence-electron chi connectivity index (χ3n) is 4.81. The molecule has 3 rings (SSSR count). The standard InChI is InChI=1S/C19H24ClN3O/c1-3-16-11-7-8-12-22(16)19(24)17-14(2)21-23(18(17)20)13-15-9-5-4-6-10-15/h4-6,9-10,16H,3,7-8,11-13H2,1-2H3. The van der Waals surface area contributed by atoms with Crippen molar-refractivity contribution in [2.75, 3.05) is 6.54 Å². The summed E-state index contributed by atoms with van der Waals surface area (Å²) in [7, 11) is 0. The number of piperidine rings is 1. The molecule has 0 bridgehead atoms. The Morgan fingerprint density at radius 3 is 2.75 bits per heavy atom. The average Bonchev–Trinajstić information content (AvgIpc) is 2.89. The van der Waals surface area contributed by atoms with Crippen LogP contribution in [-0.4, -0.2) is 33.2 Å². The van der Waals surface area contributed by atoms with Crippen LogP contribution < -0.4 is 0 Å². The number of aromatic nitrogens is 2. The van der Waals surface area contributed by atoms with Gasteiger partial charge in [-0.2, -0.15) is 5.10 Å². The molecule has 2 aromatic rings. The lowest BCUT2D eigenvalue weighted by molar-refractivity contribution is 0.0607. The Labute approximate surface area is 148 Å². The van der Waals surface area contributed by atoms with E-state index in [4.69, 9.17) is 11.6 Å². The summed E-state index contributed by atoms with van der Waals surface area (Å²) in [6.07, 6.45) is 4.33. The van der Waals surface area contributed by atoms with Gasteiger partial charge in [-0.3, -0.25) is 4.79 Å². The highest BCUT2D eigenvalue weighted by Gasteiger charge is 2.30. The second-order valence-corrected chi connectivity index (χ2v) is 6.81. The van der Waals surface area contributed by atoms with Crippen LogP contribution in [0, 0.1) is 6.92 Å². The summed E-state index contributed by atoms with van der Waals surface area (Å²) in [5.74, 6) is 0.0309. The van der Waals surface area contributed by atoms with Gasteiger partial charge in [0.15, 0.2) is 0 Å². The van der Waals surface area contributed by atoms with Gasteiger partial charge in [0.25, 0.3) is 5.91 Å². The maximum atomic E-state index is 13.1. The first kappa shape index (κ1) is 17.0. The molecule has 2 heterocycles. The van der Waals surface area contributed by atoms with Gasteiger partial charge in [-0.05, 0) is 38.2 Å². The van der Waals surface area contributed by atoms with E-state index in [9.17, 15) is 4.79 Å². The first-order valence-electron chi connectivity index (χ1n) is 8.69. The lowest BCUT2D eigenvalue weighted by atomic mass is 9.99. The molecule has 1 unspecified atom stereocenters.